The Labute approximate surface area is 119 Å². The van der Waals surface area contributed by atoms with Gasteiger partial charge in [-0.3, -0.25) is 0 Å². The van der Waals surface area contributed by atoms with Crippen LogP contribution < -0.4 is 15.4 Å². The second-order valence-electron chi connectivity index (χ2n) is 4.14. The summed E-state index contributed by atoms with van der Waals surface area (Å²) < 4.78 is 15.1. The number of rotatable bonds is 8. The van der Waals surface area contributed by atoms with Gasteiger partial charge in [-0.25, -0.2) is 4.79 Å². The number of benzene rings is 1. The first-order valence-electron chi connectivity index (χ1n) is 6.39. The molecule has 0 heterocycles. The van der Waals surface area contributed by atoms with Crippen molar-refractivity contribution in [3.05, 3.63) is 29.8 Å². The van der Waals surface area contributed by atoms with Crippen molar-refractivity contribution in [3.63, 3.8) is 0 Å². The van der Waals surface area contributed by atoms with E-state index in [1.165, 1.54) is 14.2 Å². The summed E-state index contributed by atoms with van der Waals surface area (Å²) in [5.74, 6) is 0.815. The van der Waals surface area contributed by atoms with Crippen molar-refractivity contribution in [2.75, 3.05) is 34.4 Å². The van der Waals surface area contributed by atoms with Crippen LogP contribution in [0.15, 0.2) is 24.3 Å². The van der Waals surface area contributed by atoms with Crippen LogP contribution in [0.2, 0.25) is 0 Å². The molecule has 0 saturated heterocycles. The highest BCUT2D eigenvalue weighted by atomic mass is 16.7. The molecule has 0 saturated carbocycles. The molecule has 0 aliphatic heterocycles. The molecule has 20 heavy (non-hydrogen) atoms. The predicted octanol–water partition coefficient (Wildman–Crippen LogP) is 1.16. The van der Waals surface area contributed by atoms with Gasteiger partial charge in [0.2, 0.25) is 0 Å². The van der Waals surface area contributed by atoms with Crippen molar-refractivity contribution in [3.8, 4) is 5.75 Å². The first-order chi connectivity index (χ1) is 9.69. The van der Waals surface area contributed by atoms with Crippen molar-refractivity contribution in [2.24, 2.45) is 0 Å². The summed E-state index contributed by atoms with van der Waals surface area (Å²) in [4.78, 5) is 11.5. The van der Waals surface area contributed by atoms with Crippen LogP contribution in [-0.4, -0.2) is 46.7 Å². The lowest BCUT2D eigenvalue weighted by molar-refractivity contribution is -0.0971. The van der Waals surface area contributed by atoms with E-state index < -0.39 is 6.29 Å². The molecule has 0 fully saturated rings. The average molecular weight is 282 g/mol. The van der Waals surface area contributed by atoms with Gasteiger partial charge in [0.05, 0.1) is 13.7 Å². The summed E-state index contributed by atoms with van der Waals surface area (Å²) in [7, 11) is 4.68. The molecule has 0 aromatic heterocycles. The zero-order valence-electron chi connectivity index (χ0n) is 12.1. The SMILES string of the molecule is COc1cccc(CCNC(=O)NCC(OC)OC)c1. The minimum absolute atomic E-state index is 0.244. The molecule has 0 aliphatic rings. The number of nitrogens with one attached hydrogen (secondary N) is 2. The Morgan fingerprint density at radius 1 is 1.20 bits per heavy atom. The van der Waals surface area contributed by atoms with E-state index in [0.29, 0.717) is 13.1 Å². The van der Waals surface area contributed by atoms with Gasteiger partial charge in [-0.2, -0.15) is 0 Å². The Hall–Kier alpha value is -1.79. The van der Waals surface area contributed by atoms with Crippen LogP contribution in [0.25, 0.3) is 0 Å². The van der Waals surface area contributed by atoms with Crippen LogP contribution >= 0.6 is 0 Å². The minimum atomic E-state index is -0.431. The van der Waals surface area contributed by atoms with Gasteiger partial charge < -0.3 is 24.8 Å². The van der Waals surface area contributed by atoms with Crippen molar-refractivity contribution in [1.82, 2.24) is 10.6 Å². The van der Waals surface area contributed by atoms with Gasteiger partial charge in [-0.1, -0.05) is 12.1 Å². The third-order valence-corrected chi connectivity index (χ3v) is 2.79. The van der Waals surface area contributed by atoms with Crippen LogP contribution in [0.1, 0.15) is 5.56 Å². The Morgan fingerprint density at radius 2 is 1.95 bits per heavy atom. The van der Waals surface area contributed by atoms with E-state index in [-0.39, 0.29) is 6.03 Å². The number of methoxy groups -OCH3 is 3. The van der Waals surface area contributed by atoms with Gasteiger partial charge in [0.1, 0.15) is 5.75 Å². The van der Waals surface area contributed by atoms with Gasteiger partial charge in [0.15, 0.2) is 6.29 Å². The fraction of sp³-hybridized carbons (Fsp3) is 0.500. The lowest BCUT2D eigenvalue weighted by atomic mass is 10.1. The second kappa shape index (κ2) is 9.17. The van der Waals surface area contributed by atoms with E-state index in [1.54, 1.807) is 7.11 Å². The van der Waals surface area contributed by atoms with Gasteiger partial charge in [0, 0.05) is 20.8 Å². The topological polar surface area (TPSA) is 68.8 Å². The molecule has 6 nitrogen and oxygen atoms in total. The maximum absolute atomic E-state index is 11.5. The Balaban J connectivity index is 2.24. The summed E-state index contributed by atoms with van der Waals surface area (Å²) in [5.41, 5.74) is 1.11. The zero-order chi connectivity index (χ0) is 14.8. The first kappa shape index (κ1) is 16.3. The molecule has 2 amide bonds. The van der Waals surface area contributed by atoms with E-state index in [0.717, 1.165) is 17.7 Å². The number of carbonyl (C=O) groups is 1. The van der Waals surface area contributed by atoms with E-state index >= 15 is 0 Å². The monoisotopic (exact) mass is 282 g/mol. The Bertz CT molecular complexity index is 408. The molecule has 0 spiro atoms. The predicted molar refractivity (Wildman–Crippen MR) is 75.9 cm³/mol. The third-order valence-electron chi connectivity index (χ3n) is 2.79. The standard InChI is InChI=1S/C14H22N2O4/c1-18-12-6-4-5-11(9-12)7-8-15-14(17)16-10-13(19-2)20-3/h4-6,9,13H,7-8,10H2,1-3H3,(H2,15,16,17). The number of urea groups is 1. The third kappa shape index (κ3) is 5.90. The first-order valence-corrected chi connectivity index (χ1v) is 6.39. The lowest BCUT2D eigenvalue weighted by Gasteiger charge is -2.14. The molecule has 0 bridgehead atoms. The molecule has 2 N–H and O–H groups in total. The Kier molecular flexibility index (Phi) is 7.46. The van der Waals surface area contributed by atoms with Gasteiger partial charge in [0.25, 0.3) is 0 Å². The van der Waals surface area contributed by atoms with E-state index in [1.807, 2.05) is 24.3 Å². The molecule has 112 valence electrons. The van der Waals surface area contributed by atoms with Gasteiger partial charge >= 0.3 is 6.03 Å². The Morgan fingerprint density at radius 3 is 2.60 bits per heavy atom. The van der Waals surface area contributed by atoms with Crippen molar-refractivity contribution in [2.45, 2.75) is 12.7 Å². The number of carbonyl (C=O) groups excluding carboxylic acids is 1. The van der Waals surface area contributed by atoms with Crippen molar-refractivity contribution < 1.29 is 19.0 Å². The molecule has 1 aromatic carbocycles. The van der Waals surface area contributed by atoms with E-state index in [4.69, 9.17) is 14.2 Å². The minimum Gasteiger partial charge on any atom is -0.497 e. The summed E-state index contributed by atoms with van der Waals surface area (Å²) >= 11 is 0. The summed E-state index contributed by atoms with van der Waals surface area (Å²) in [5, 5.41) is 5.44. The van der Waals surface area contributed by atoms with Crippen LogP contribution in [0, 0.1) is 0 Å². The van der Waals surface area contributed by atoms with Crippen LogP contribution in [0.3, 0.4) is 0 Å². The van der Waals surface area contributed by atoms with Crippen LogP contribution in [0.4, 0.5) is 4.79 Å². The van der Waals surface area contributed by atoms with Gasteiger partial charge in [-0.15, -0.1) is 0 Å². The second-order valence-corrected chi connectivity index (χ2v) is 4.14. The zero-order valence-corrected chi connectivity index (χ0v) is 12.1. The summed E-state index contributed by atoms with van der Waals surface area (Å²) in [6, 6.07) is 7.52. The van der Waals surface area contributed by atoms with E-state index in [9.17, 15) is 4.79 Å². The van der Waals surface area contributed by atoms with Crippen LogP contribution in [0.5, 0.6) is 5.75 Å². The highest BCUT2D eigenvalue weighted by Crippen LogP contribution is 2.12. The number of amides is 2. The molecule has 1 aromatic rings. The molecule has 6 heteroatoms. The van der Waals surface area contributed by atoms with Crippen LogP contribution in [-0.2, 0) is 15.9 Å². The van der Waals surface area contributed by atoms with E-state index in [2.05, 4.69) is 10.6 Å². The quantitative estimate of drug-likeness (QED) is 0.702. The lowest BCUT2D eigenvalue weighted by Crippen LogP contribution is -2.41. The molecule has 0 atom stereocenters. The number of hydrogen-bond donors (Lipinski definition) is 2. The molecular weight excluding hydrogens is 260 g/mol. The fourth-order valence-corrected chi connectivity index (χ4v) is 1.65. The highest BCUT2D eigenvalue weighted by Gasteiger charge is 2.07. The number of hydrogen-bond acceptors (Lipinski definition) is 4. The summed E-state index contributed by atoms with van der Waals surface area (Å²) in [6.07, 6.45) is 0.307. The van der Waals surface area contributed by atoms with Gasteiger partial charge in [-0.05, 0) is 24.1 Å². The summed E-state index contributed by atoms with van der Waals surface area (Å²) in [6.45, 7) is 0.849. The normalized spacial score (nSPS) is 10.4. The largest absolute Gasteiger partial charge is 0.497 e. The maximum Gasteiger partial charge on any atom is 0.314 e. The molecule has 1 rings (SSSR count). The average Bonchev–Trinajstić information content (AvgIpc) is 2.48. The fourth-order valence-electron chi connectivity index (χ4n) is 1.65. The molecule has 0 radical (unpaired) electrons. The smallest absolute Gasteiger partial charge is 0.314 e. The molecule has 0 aliphatic carbocycles. The highest BCUT2D eigenvalue weighted by molar-refractivity contribution is 5.73. The molecular formula is C14H22N2O4. The maximum atomic E-state index is 11.5. The number of ether oxygens (including phenoxy) is 3. The van der Waals surface area contributed by atoms with Crippen molar-refractivity contribution >= 4 is 6.03 Å². The molecule has 0 unspecified atom stereocenters. The van der Waals surface area contributed by atoms with Crippen molar-refractivity contribution in [1.29, 1.82) is 0 Å².